The summed E-state index contributed by atoms with van der Waals surface area (Å²) in [6, 6.07) is 6.99. The van der Waals surface area contributed by atoms with E-state index in [-0.39, 0.29) is 0 Å². The Morgan fingerprint density at radius 2 is 1.20 bits per heavy atom. The van der Waals surface area contributed by atoms with Gasteiger partial charge in [-0.05, 0) is 19.1 Å². The van der Waals surface area contributed by atoms with E-state index in [2.05, 4.69) is 22.8 Å². The van der Waals surface area contributed by atoms with Gasteiger partial charge in [-0.25, -0.2) is 8.42 Å². The van der Waals surface area contributed by atoms with Crippen molar-refractivity contribution in [2.24, 2.45) is 0 Å². The van der Waals surface area contributed by atoms with E-state index in [1.165, 1.54) is 4.31 Å². The van der Waals surface area contributed by atoms with Crippen LogP contribution in [0.2, 0.25) is 0 Å². The highest BCUT2D eigenvalue weighted by molar-refractivity contribution is 7.89. The number of sulfonamides is 1. The van der Waals surface area contributed by atoms with Crippen molar-refractivity contribution in [3.63, 3.8) is 0 Å². The molecule has 6 heteroatoms. The van der Waals surface area contributed by atoms with Gasteiger partial charge in [-0.2, -0.15) is 4.31 Å². The molecule has 0 aromatic heterocycles. The second kappa shape index (κ2) is 10.3. The van der Waals surface area contributed by atoms with Crippen molar-refractivity contribution in [2.75, 3.05) is 39.3 Å². The van der Waals surface area contributed by atoms with Crippen molar-refractivity contribution in [3.05, 3.63) is 66.3 Å². The lowest BCUT2D eigenvalue weighted by atomic mass is 10.2. The van der Waals surface area contributed by atoms with Gasteiger partial charge in [0.15, 0.2) is 0 Å². The number of hydrogen-bond acceptors (Lipinski definition) is 4. The summed E-state index contributed by atoms with van der Waals surface area (Å²) in [6.07, 6.45) is 11.9. The van der Waals surface area contributed by atoms with Crippen LogP contribution >= 0.6 is 0 Å². The molecule has 0 atom stereocenters. The molecule has 1 aliphatic rings. The van der Waals surface area contributed by atoms with Crippen LogP contribution in [0.1, 0.15) is 5.56 Å². The molecule has 0 fully saturated rings. The number of aryl methyl sites for hydroxylation is 1. The van der Waals surface area contributed by atoms with Crippen molar-refractivity contribution in [1.82, 2.24) is 14.9 Å². The summed E-state index contributed by atoms with van der Waals surface area (Å²) in [7, 11) is -3.51. The fraction of sp³-hybridized carbons (Fsp3) is 0.368. The molecule has 1 aromatic carbocycles. The van der Waals surface area contributed by atoms with Gasteiger partial charge >= 0.3 is 0 Å². The van der Waals surface area contributed by atoms with Crippen LogP contribution < -0.4 is 10.6 Å². The van der Waals surface area contributed by atoms with E-state index in [0.29, 0.717) is 31.1 Å². The summed E-state index contributed by atoms with van der Waals surface area (Å²) < 4.78 is 27.3. The molecule has 136 valence electrons. The molecule has 2 N–H and O–H groups in total. The Hall–Kier alpha value is -1.73. The van der Waals surface area contributed by atoms with Gasteiger partial charge in [0.2, 0.25) is 10.0 Å². The predicted octanol–water partition coefficient (Wildman–Crippen LogP) is 1.85. The second-order valence-electron chi connectivity index (χ2n) is 5.87. The maximum Gasteiger partial charge on any atom is 0.243 e. The molecule has 0 aliphatic carbocycles. The average Bonchev–Trinajstić information content (AvgIpc) is 2.60. The minimum absolute atomic E-state index is 0.332. The molecule has 1 aromatic rings. The topological polar surface area (TPSA) is 61.4 Å². The summed E-state index contributed by atoms with van der Waals surface area (Å²) >= 11 is 0. The van der Waals surface area contributed by atoms with Crippen LogP contribution in [0.3, 0.4) is 0 Å². The Morgan fingerprint density at radius 3 is 1.68 bits per heavy atom. The number of hydrogen-bond donors (Lipinski definition) is 2. The van der Waals surface area contributed by atoms with E-state index < -0.39 is 10.0 Å². The maximum atomic E-state index is 12.9. The van der Waals surface area contributed by atoms with E-state index in [4.69, 9.17) is 0 Å². The summed E-state index contributed by atoms with van der Waals surface area (Å²) in [5.74, 6) is 0. The molecular formula is C19H27N3O2S. The van der Waals surface area contributed by atoms with E-state index >= 15 is 0 Å². The lowest BCUT2D eigenvalue weighted by Crippen LogP contribution is -2.31. The fourth-order valence-electron chi connectivity index (χ4n) is 2.35. The first kappa shape index (κ1) is 19.6. The van der Waals surface area contributed by atoms with Gasteiger partial charge in [-0.3, -0.25) is 0 Å². The van der Waals surface area contributed by atoms with E-state index in [1.54, 1.807) is 12.1 Å². The Morgan fingerprint density at radius 1 is 0.760 bits per heavy atom. The first-order valence-corrected chi connectivity index (χ1v) is 9.98. The monoisotopic (exact) mass is 361 g/mol. The molecule has 1 heterocycles. The van der Waals surface area contributed by atoms with Crippen molar-refractivity contribution < 1.29 is 8.42 Å². The summed E-state index contributed by atoms with van der Waals surface area (Å²) in [4.78, 5) is 0.332. The zero-order valence-electron chi connectivity index (χ0n) is 14.7. The quantitative estimate of drug-likeness (QED) is 0.789. The lowest BCUT2D eigenvalue weighted by Gasteiger charge is -2.19. The Labute approximate surface area is 151 Å². The molecular weight excluding hydrogens is 334 g/mol. The molecule has 0 bridgehead atoms. The third-order valence-corrected chi connectivity index (χ3v) is 5.67. The highest BCUT2D eigenvalue weighted by atomic mass is 32.2. The van der Waals surface area contributed by atoms with E-state index in [1.807, 2.05) is 43.4 Å². The Kier molecular flexibility index (Phi) is 8.08. The third-order valence-electron chi connectivity index (χ3n) is 3.83. The number of nitrogens with zero attached hydrogens (tertiary/aromatic N) is 1. The smallest absolute Gasteiger partial charge is 0.243 e. The predicted molar refractivity (Wildman–Crippen MR) is 103 cm³/mol. The molecule has 0 unspecified atom stereocenters. The van der Waals surface area contributed by atoms with Crippen molar-refractivity contribution >= 4 is 10.0 Å². The van der Waals surface area contributed by atoms with Crippen LogP contribution in [-0.4, -0.2) is 52.0 Å². The molecule has 1 aliphatic heterocycles. The second-order valence-corrected chi connectivity index (χ2v) is 7.80. The van der Waals surface area contributed by atoms with Crippen LogP contribution in [0, 0.1) is 6.92 Å². The average molecular weight is 362 g/mol. The molecule has 0 saturated carbocycles. The first-order chi connectivity index (χ1) is 12.1. The fourth-order valence-corrected chi connectivity index (χ4v) is 3.69. The minimum atomic E-state index is -3.51. The highest BCUT2D eigenvalue weighted by Gasteiger charge is 2.22. The van der Waals surface area contributed by atoms with Crippen molar-refractivity contribution in [2.45, 2.75) is 11.8 Å². The van der Waals surface area contributed by atoms with Crippen LogP contribution in [0.15, 0.2) is 65.6 Å². The van der Waals surface area contributed by atoms with E-state index in [0.717, 1.165) is 18.7 Å². The molecule has 0 amide bonds. The van der Waals surface area contributed by atoms with Crippen LogP contribution in [0.25, 0.3) is 0 Å². The van der Waals surface area contributed by atoms with Gasteiger partial charge in [-0.1, -0.05) is 54.2 Å². The van der Waals surface area contributed by atoms with Crippen LogP contribution in [-0.2, 0) is 10.0 Å². The zero-order valence-corrected chi connectivity index (χ0v) is 15.5. The summed E-state index contributed by atoms with van der Waals surface area (Å²) in [5, 5.41) is 6.52. The third kappa shape index (κ3) is 6.59. The van der Waals surface area contributed by atoms with Crippen molar-refractivity contribution in [1.29, 1.82) is 0 Å². The van der Waals surface area contributed by atoms with Gasteiger partial charge in [0.25, 0.3) is 0 Å². The molecule has 0 spiro atoms. The summed E-state index contributed by atoms with van der Waals surface area (Å²) in [6.45, 7) is 5.68. The first-order valence-electron chi connectivity index (χ1n) is 8.54. The number of benzene rings is 1. The van der Waals surface area contributed by atoms with Gasteiger partial charge in [0.05, 0.1) is 4.90 Å². The van der Waals surface area contributed by atoms with Crippen LogP contribution in [0.4, 0.5) is 0 Å². The lowest BCUT2D eigenvalue weighted by molar-refractivity contribution is 0.473. The number of nitrogens with one attached hydrogen (secondary N) is 2. The normalized spacial score (nSPS) is 22.4. The maximum absolute atomic E-state index is 12.9. The SMILES string of the molecule is Cc1ccc(S(=O)(=O)N2C/C=C/CNC/C=C/CNC/C=C/C2)cc1. The Balaban J connectivity index is 2.14. The van der Waals surface area contributed by atoms with Crippen molar-refractivity contribution in [3.8, 4) is 0 Å². The molecule has 0 saturated heterocycles. The standard InChI is InChI=1S/C19H27N3O2S/c1-18-8-10-19(11-9-18)25(23,24)22-16-6-4-14-20-12-2-3-13-21-15-5-7-17-22/h2-11,20-21H,12-17H2,1H3/b3-2+,6-4+,7-5+. The zero-order chi connectivity index (χ0) is 18.0. The van der Waals surface area contributed by atoms with Gasteiger partial charge in [0, 0.05) is 39.3 Å². The van der Waals surface area contributed by atoms with E-state index in [9.17, 15) is 8.42 Å². The Bertz CT molecular complexity index is 683. The molecule has 2 rings (SSSR count). The van der Waals surface area contributed by atoms with Gasteiger partial charge in [0.1, 0.15) is 0 Å². The number of rotatable bonds is 2. The molecule has 0 radical (unpaired) electrons. The summed E-state index contributed by atoms with van der Waals surface area (Å²) in [5.41, 5.74) is 1.04. The largest absolute Gasteiger partial charge is 0.310 e. The highest BCUT2D eigenvalue weighted by Crippen LogP contribution is 2.16. The minimum Gasteiger partial charge on any atom is -0.310 e. The van der Waals surface area contributed by atoms with Gasteiger partial charge < -0.3 is 10.6 Å². The van der Waals surface area contributed by atoms with Gasteiger partial charge in [-0.15, -0.1) is 0 Å². The van der Waals surface area contributed by atoms with Crippen LogP contribution in [0.5, 0.6) is 0 Å². The molecule has 5 nitrogen and oxygen atoms in total. The molecule has 25 heavy (non-hydrogen) atoms.